The zero-order valence-corrected chi connectivity index (χ0v) is 26.5. The standard InChI is InChI=1S/C33H39N11O2/c1-21-17-36-32(38-27-16-22(2)42(3)41-27)40-30(21)25-18-35-31-24(25)8-7-9-26(31)37-29(45)20-43-15-11-23(19-43)46-33-34-12-10-28(39-33)44-13-5-4-6-14-44/h7-10,12,16-18,23,35H,4-6,11,13-15,19-20H2,1-3H3,(H,37,45)(H,36,38,40,41)/t23-/m0/s1. The molecule has 1 amide bonds. The molecule has 2 aliphatic rings. The van der Waals surface area contributed by atoms with Gasteiger partial charge in [0.25, 0.3) is 0 Å². The second-order valence-corrected chi connectivity index (χ2v) is 12.1. The number of anilines is 4. The average Bonchev–Trinajstić information content (AvgIpc) is 3.77. The summed E-state index contributed by atoms with van der Waals surface area (Å²) < 4.78 is 7.95. The Bertz CT molecular complexity index is 1840. The third-order valence-electron chi connectivity index (χ3n) is 8.74. The molecule has 0 bridgehead atoms. The zero-order valence-electron chi connectivity index (χ0n) is 26.5. The second kappa shape index (κ2) is 12.8. The minimum Gasteiger partial charge on any atom is -0.459 e. The molecule has 1 atom stereocenters. The van der Waals surface area contributed by atoms with E-state index in [2.05, 4.69) is 45.5 Å². The minimum absolute atomic E-state index is 0.0593. The number of H-pyrrole nitrogens is 1. The van der Waals surface area contributed by atoms with Gasteiger partial charge in [-0.1, -0.05) is 12.1 Å². The topological polar surface area (TPSA) is 142 Å². The van der Waals surface area contributed by atoms with Crippen LogP contribution in [0.4, 0.5) is 23.3 Å². The summed E-state index contributed by atoms with van der Waals surface area (Å²) in [6.45, 7) is 7.69. The molecule has 0 spiro atoms. The SMILES string of the molecule is Cc1cnc(Nc2cc(C)n(C)n2)nc1-c1c[nH]c2c(NC(=O)CN3CC[C@H](Oc4nccc(N5CCCCC5)n4)C3)cccc12. The fraction of sp³-hybridized carbons (Fsp3) is 0.394. The molecule has 1 aromatic carbocycles. The number of hydrogen-bond acceptors (Lipinski definition) is 10. The molecule has 2 saturated heterocycles. The largest absolute Gasteiger partial charge is 0.459 e. The van der Waals surface area contributed by atoms with Gasteiger partial charge in [0.2, 0.25) is 11.9 Å². The first-order valence-corrected chi connectivity index (χ1v) is 15.9. The van der Waals surface area contributed by atoms with Crippen LogP contribution >= 0.6 is 0 Å². The van der Waals surface area contributed by atoms with Crippen LogP contribution in [0.2, 0.25) is 0 Å². The van der Waals surface area contributed by atoms with Gasteiger partial charge in [-0.3, -0.25) is 14.4 Å². The number of carbonyl (C=O) groups is 1. The number of nitrogens with one attached hydrogen (secondary N) is 3. The average molecular weight is 622 g/mol. The Balaban J connectivity index is 0.991. The maximum Gasteiger partial charge on any atom is 0.318 e. The zero-order chi connectivity index (χ0) is 31.6. The first-order chi connectivity index (χ1) is 22.4. The molecule has 0 aliphatic carbocycles. The molecule has 6 heterocycles. The molecule has 0 saturated carbocycles. The fourth-order valence-corrected chi connectivity index (χ4v) is 6.23. The first-order valence-electron chi connectivity index (χ1n) is 15.9. The van der Waals surface area contributed by atoms with E-state index in [4.69, 9.17) is 9.72 Å². The smallest absolute Gasteiger partial charge is 0.318 e. The van der Waals surface area contributed by atoms with Crippen LogP contribution in [0.1, 0.15) is 36.9 Å². The van der Waals surface area contributed by atoms with Crippen LogP contribution in [0.5, 0.6) is 6.01 Å². The number of benzene rings is 1. The van der Waals surface area contributed by atoms with Crippen molar-refractivity contribution in [3.05, 3.63) is 60.2 Å². The van der Waals surface area contributed by atoms with Crippen LogP contribution in [0, 0.1) is 13.8 Å². The molecular weight excluding hydrogens is 582 g/mol. The molecule has 3 N–H and O–H groups in total. The van der Waals surface area contributed by atoms with Gasteiger partial charge in [0.15, 0.2) is 5.82 Å². The van der Waals surface area contributed by atoms with Gasteiger partial charge in [0.1, 0.15) is 11.9 Å². The number of piperidine rings is 1. The number of likely N-dealkylation sites (tertiary alicyclic amines) is 1. The highest BCUT2D eigenvalue weighted by Crippen LogP contribution is 2.33. The maximum absolute atomic E-state index is 13.2. The number of fused-ring (bicyclic) bond motifs is 1. The van der Waals surface area contributed by atoms with Crippen molar-refractivity contribution in [2.24, 2.45) is 7.05 Å². The lowest BCUT2D eigenvalue weighted by Gasteiger charge is -2.27. The molecule has 5 aromatic rings. The van der Waals surface area contributed by atoms with E-state index in [1.54, 1.807) is 17.1 Å². The molecule has 13 heteroatoms. The summed E-state index contributed by atoms with van der Waals surface area (Å²) in [7, 11) is 1.90. The number of aromatic amines is 1. The third-order valence-corrected chi connectivity index (χ3v) is 8.74. The quantitative estimate of drug-likeness (QED) is 0.214. The van der Waals surface area contributed by atoms with Crippen molar-refractivity contribution in [2.45, 2.75) is 45.6 Å². The summed E-state index contributed by atoms with van der Waals surface area (Å²) in [6.07, 6.45) is 9.89. The van der Waals surface area contributed by atoms with Gasteiger partial charge in [0.05, 0.1) is 23.4 Å². The van der Waals surface area contributed by atoms with Crippen LogP contribution in [0.25, 0.3) is 22.2 Å². The van der Waals surface area contributed by atoms with E-state index in [0.717, 1.165) is 71.0 Å². The lowest BCUT2D eigenvalue weighted by Crippen LogP contribution is -2.33. The Kier molecular flexibility index (Phi) is 8.22. The van der Waals surface area contributed by atoms with Crippen molar-refractivity contribution in [2.75, 3.05) is 48.3 Å². The number of rotatable bonds is 9. The molecular formula is C33H39N11O2. The van der Waals surface area contributed by atoms with E-state index in [1.807, 2.05) is 57.4 Å². The molecule has 13 nitrogen and oxygen atoms in total. The summed E-state index contributed by atoms with van der Waals surface area (Å²) in [5, 5.41) is 11.7. The monoisotopic (exact) mass is 621 g/mol. The highest BCUT2D eigenvalue weighted by molar-refractivity contribution is 6.06. The summed E-state index contributed by atoms with van der Waals surface area (Å²) >= 11 is 0. The molecule has 0 radical (unpaired) electrons. The van der Waals surface area contributed by atoms with Crippen LogP contribution in [-0.2, 0) is 11.8 Å². The molecule has 238 valence electrons. The van der Waals surface area contributed by atoms with Gasteiger partial charge in [-0.15, -0.1) is 0 Å². The van der Waals surface area contributed by atoms with Crippen LogP contribution in [-0.4, -0.2) is 84.3 Å². The predicted octanol–water partition coefficient (Wildman–Crippen LogP) is 4.59. The van der Waals surface area contributed by atoms with Crippen molar-refractivity contribution in [3.8, 4) is 17.3 Å². The highest BCUT2D eigenvalue weighted by Gasteiger charge is 2.27. The summed E-state index contributed by atoms with van der Waals surface area (Å²) in [5.41, 5.74) is 5.26. The maximum atomic E-state index is 13.2. The van der Waals surface area contributed by atoms with Crippen LogP contribution in [0.3, 0.4) is 0 Å². The van der Waals surface area contributed by atoms with Gasteiger partial charge in [-0.05, 0) is 57.2 Å². The number of para-hydroxylation sites is 1. The van der Waals surface area contributed by atoms with Crippen molar-refractivity contribution in [3.63, 3.8) is 0 Å². The van der Waals surface area contributed by atoms with E-state index in [1.165, 1.54) is 19.3 Å². The van der Waals surface area contributed by atoms with Gasteiger partial charge in [-0.2, -0.15) is 10.1 Å². The normalized spacial score (nSPS) is 17.0. The predicted molar refractivity (Wildman–Crippen MR) is 177 cm³/mol. The Labute approximate surface area is 267 Å². The molecule has 2 fully saturated rings. The molecule has 4 aromatic heterocycles. The van der Waals surface area contributed by atoms with Gasteiger partial charge in [-0.25, -0.2) is 15.0 Å². The lowest BCUT2D eigenvalue weighted by molar-refractivity contribution is -0.117. The van der Waals surface area contributed by atoms with E-state index in [0.29, 0.717) is 24.3 Å². The number of amides is 1. The van der Waals surface area contributed by atoms with Crippen LogP contribution < -0.4 is 20.3 Å². The fourth-order valence-electron chi connectivity index (χ4n) is 6.23. The number of hydrogen-bond donors (Lipinski definition) is 3. The Morgan fingerprint density at radius 3 is 2.78 bits per heavy atom. The molecule has 0 unspecified atom stereocenters. The summed E-state index contributed by atoms with van der Waals surface area (Å²) in [5.74, 6) is 1.99. The molecule has 7 rings (SSSR count). The van der Waals surface area contributed by atoms with Crippen LogP contribution in [0.15, 0.2) is 48.9 Å². The van der Waals surface area contributed by atoms with Crippen molar-refractivity contribution in [1.29, 1.82) is 0 Å². The minimum atomic E-state index is -0.0806. The Morgan fingerprint density at radius 1 is 1.09 bits per heavy atom. The number of nitrogens with zero attached hydrogens (tertiary/aromatic N) is 8. The summed E-state index contributed by atoms with van der Waals surface area (Å²) in [6, 6.07) is 10.2. The Hall–Kier alpha value is -5.04. The Morgan fingerprint density at radius 2 is 1.96 bits per heavy atom. The lowest BCUT2D eigenvalue weighted by atomic mass is 10.1. The highest BCUT2D eigenvalue weighted by atomic mass is 16.5. The number of aryl methyl sites for hydroxylation is 3. The van der Waals surface area contributed by atoms with Crippen molar-refractivity contribution >= 4 is 40.1 Å². The first kappa shape index (κ1) is 29.7. The van der Waals surface area contributed by atoms with Gasteiger partial charge < -0.3 is 25.3 Å². The van der Waals surface area contributed by atoms with Crippen molar-refractivity contribution < 1.29 is 9.53 Å². The van der Waals surface area contributed by atoms with E-state index < -0.39 is 0 Å². The second-order valence-electron chi connectivity index (χ2n) is 12.1. The van der Waals surface area contributed by atoms with Gasteiger partial charge >= 0.3 is 6.01 Å². The molecule has 2 aliphatic heterocycles. The van der Waals surface area contributed by atoms with E-state index in [9.17, 15) is 4.79 Å². The van der Waals surface area contributed by atoms with E-state index >= 15 is 0 Å². The number of aromatic nitrogens is 7. The van der Waals surface area contributed by atoms with Gasteiger partial charge in [0, 0.05) is 74.5 Å². The summed E-state index contributed by atoms with van der Waals surface area (Å²) in [4.78, 5) is 39.3. The van der Waals surface area contributed by atoms with E-state index in [-0.39, 0.29) is 18.6 Å². The van der Waals surface area contributed by atoms with Crippen molar-refractivity contribution in [1.82, 2.24) is 39.6 Å². The number of carbonyl (C=O) groups excluding carboxylic acids is 1. The molecule has 46 heavy (non-hydrogen) atoms. The number of ether oxygens (including phenoxy) is 1. The third kappa shape index (κ3) is 6.36.